The highest BCUT2D eigenvalue weighted by atomic mass is 16.3. The summed E-state index contributed by atoms with van der Waals surface area (Å²) in [4.78, 5) is 14.0. The molecular weight excluding hydrogens is 240 g/mol. The number of anilines is 1. The van der Waals surface area contributed by atoms with Crippen molar-refractivity contribution in [1.82, 2.24) is 4.90 Å². The number of carbonyl (C=O) groups is 1. The van der Waals surface area contributed by atoms with Crippen molar-refractivity contribution in [2.75, 3.05) is 25.0 Å². The number of amides is 1. The summed E-state index contributed by atoms with van der Waals surface area (Å²) in [7, 11) is 0. The molecule has 1 aliphatic heterocycles. The van der Waals surface area contributed by atoms with E-state index in [-0.39, 0.29) is 12.0 Å². The van der Waals surface area contributed by atoms with Gasteiger partial charge in [-0.3, -0.25) is 9.69 Å². The first-order chi connectivity index (χ1) is 9.06. The Hall–Kier alpha value is -1.39. The third kappa shape index (κ3) is 3.78. The molecule has 1 heterocycles. The smallest absolute Gasteiger partial charge is 0.238 e. The van der Waals surface area contributed by atoms with Crippen molar-refractivity contribution in [2.45, 2.75) is 32.3 Å². The first-order valence-corrected chi connectivity index (χ1v) is 6.85. The normalized spacial score (nSPS) is 19.9. The maximum Gasteiger partial charge on any atom is 0.238 e. The average molecular weight is 262 g/mol. The van der Waals surface area contributed by atoms with Crippen molar-refractivity contribution in [3.05, 3.63) is 29.8 Å². The van der Waals surface area contributed by atoms with Gasteiger partial charge in [0.1, 0.15) is 0 Å². The van der Waals surface area contributed by atoms with Gasteiger partial charge in [-0.05, 0) is 24.0 Å². The number of aliphatic hydroxyl groups is 1. The van der Waals surface area contributed by atoms with Gasteiger partial charge >= 0.3 is 0 Å². The van der Waals surface area contributed by atoms with Crippen LogP contribution in [0, 0.1) is 0 Å². The molecule has 1 saturated heterocycles. The van der Waals surface area contributed by atoms with E-state index in [4.69, 9.17) is 0 Å². The van der Waals surface area contributed by atoms with Crippen molar-refractivity contribution in [1.29, 1.82) is 0 Å². The van der Waals surface area contributed by atoms with Gasteiger partial charge in [-0.25, -0.2) is 0 Å². The molecule has 4 nitrogen and oxygen atoms in total. The molecule has 1 aromatic carbocycles. The van der Waals surface area contributed by atoms with Crippen LogP contribution in [0.15, 0.2) is 24.3 Å². The first-order valence-electron chi connectivity index (χ1n) is 6.85. The number of para-hydroxylation sites is 1. The monoisotopic (exact) mass is 262 g/mol. The van der Waals surface area contributed by atoms with E-state index in [1.807, 2.05) is 29.2 Å². The Bertz CT molecular complexity index is 446. The van der Waals surface area contributed by atoms with E-state index in [1.54, 1.807) is 0 Å². The van der Waals surface area contributed by atoms with Crippen LogP contribution in [0.5, 0.6) is 0 Å². The lowest BCUT2D eigenvalue weighted by Crippen LogP contribution is -2.32. The molecule has 0 bridgehead atoms. The number of hydrogen-bond acceptors (Lipinski definition) is 3. The van der Waals surface area contributed by atoms with Crippen LogP contribution in [0.4, 0.5) is 5.69 Å². The standard InChI is InChI=1S/C15H22N2O2/c1-11(2)13-5-3-4-6-14(13)16-15(19)10-17-8-7-12(18)9-17/h3-6,11-12,18H,7-10H2,1-2H3,(H,16,19)/t12-/m0/s1. The lowest BCUT2D eigenvalue weighted by atomic mass is 10.0. The van der Waals surface area contributed by atoms with Gasteiger partial charge in [-0.15, -0.1) is 0 Å². The molecule has 0 spiro atoms. The molecular formula is C15H22N2O2. The molecule has 1 atom stereocenters. The molecule has 0 radical (unpaired) electrons. The molecule has 1 fully saturated rings. The van der Waals surface area contributed by atoms with E-state index in [0.717, 1.165) is 24.2 Å². The zero-order valence-electron chi connectivity index (χ0n) is 11.6. The van der Waals surface area contributed by atoms with Crippen LogP contribution in [0.25, 0.3) is 0 Å². The molecule has 104 valence electrons. The Kier molecular flexibility index (Phi) is 4.56. The van der Waals surface area contributed by atoms with Crippen LogP contribution >= 0.6 is 0 Å². The first kappa shape index (κ1) is 14.0. The van der Waals surface area contributed by atoms with E-state index in [1.165, 1.54) is 0 Å². The average Bonchev–Trinajstić information content (AvgIpc) is 2.75. The third-order valence-electron chi connectivity index (χ3n) is 3.47. The zero-order valence-corrected chi connectivity index (χ0v) is 11.6. The summed E-state index contributed by atoms with van der Waals surface area (Å²) < 4.78 is 0. The molecule has 2 N–H and O–H groups in total. The Morgan fingerprint density at radius 2 is 2.21 bits per heavy atom. The maximum atomic E-state index is 12.0. The highest BCUT2D eigenvalue weighted by molar-refractivity contribution is 5.93. The summed E-state index contributed by atoms with van der Waals surface area (Å²) in [5, 5.41) is 12.4. The largest absolute Gasteiger partial charge is 0.392 e. The molecule has 4 heteroatoms. The second kappa shape index (κ2) is 6.17. The summed E-state index contributed by atoms with van der Waals surface area (Å²) in [6, 6.07) is 7.90. The topological polar surface area (TPSA) is 52.6 Å². The summed E-state index contributed by atoms with van der Waals surface area (Å²) >= 11 is 0. The Morgan fingerprint density at radius 3 is 2.84 bits per heavy atom. The summed E-state index contributed by atoms with van der Waals surface area (Å²) in [5.41, 5.74) is 2.04. The number of nitrogens with one attached hydrogen (secondary N) is 1. The van der Waals surface area contributed by atoms with Gasteiger partial charge in [0.05, 0.1) is 12.6 Å². The fourth-order valence-electron chi connectivity index (χ4n) is 2.46. The minimum atomic E-state index is -0.282. The summed E-state index contributed by atoms with van der Waals surface area (Å²) in [5.74, 6) is 0.368. The van der Waals surface area contributed by atoms with Crippen molar-refractivity contribution in [3.63, 3.8) is 0 Å². The highest BCUT2D eigenvalue weighted by Gasteiger charge is 2.22. The summed E-state index contributed by atoms with van der Waals surface area (Å²) in [6.45, 7) is 5.97. The van der Waals surface area contributed by atoms with Gasteiger partial charge < -0.3 is 10.4 Å². The van der Waals surface area contributed by atoms with Crippen molar-refractivity contribution >= 4 is 11.6 Å². The van der Waals surface area contributed by atoms with E-state index < -0.39 is 0 Å². The number of hydrogen-bond donors (Lipinski definition) is 2. The number of rotatable bonds is 4. The molecule has 0 aliphatic carbocycles. The Labute approximate surface area is 114 Å². The maximum absolute atomic E-state index is 12.0. The molecule has 1 aromatic rings. The van der Waals surface area contributed by atoms with Crippen LogP contribution in [-0.4, -0.2) is 41.7 Å². The van der Waals surface area contributed by atoms with Gasteiger partial charge in [-0.2, -0.15) is 0 Å². The Balaban J connectivity index is 1.95. The number of likely N-dealkylation sites (tertiary alicyclic amines) is 1. The lowest BCUT2D eigenvalue weighted by molar-refractivity contribution is -0.117. The number of carbonyl (C=O) groups excluding carboxylic acids is 1. The molecule has 19 heavy (non-hydrogen) atoms. The van der Waals surface area contributed by atoms with Gasteiger partial charge in [0.25, 0.3) is 0 Å². The number of nitrogens with zero attached hydrogens (tertiary/aromatic N) is 1. The SMILES string of the molecule is CC(C)c1ccccc1NC(=O)CN1CC[C@H](O)C1. The number of β-amino-alcohol motifs (C(OH)–C–C–N with tert-alkyl or cyclic N) is 1. The molecule has 0 unspecified atom stereocenters. The van der Waals surface area contributed by atoms with E-state index in [0.29, 0.717) is 19.0 Å². The predicted molar refractivity (Wildman–Crippen MR) is 76.2 cm³/mol. The van der Waals surface area contributed by atoms with Crippen LogP contribution in [0.1, 0.15) is 31.7 Å². The van der Waals surface area contributed by atoms with Crippen LogP contribution < -0.4 is 5.32 Å². The quantitative estimate of drug-likeness (QED) is 0.870. The Morgan fingerprint density at radius 1 is 1.47 bits per heavy atom. The summed E-state index contributed by atoms with van der Waals surface area (Å²) in [6.07, 6.45) is 0.478. The van der Waals surface area contributed by atoms with Crippen LogP contribution in [0.3, 0.4) is 0 Å². The highest BCUT2D eigenvalue weighted by Crippen LogP contribution is 2.23. The van der Waals surface area contributed by atoms with E-state index in [9.17, 15) is 9.90 Å². The van der Waals surface area contributed by atoms with Gasteiger partial charge in [0.2, 0.25) is 5.91 Å². The molecule has 1 aliphatic rings. The fraction of sp³-hybridized carbons (Fsp3) is 0.533. The second-order valence-electron chi connectivity index (χ2n) is 5.47. The minimum absolute atomic E-state index is 0.0119. The third-order valence-corrected chi connectivity index (χ3v) is 3.47. The lowest BCUT2D eigenvalue weighted by Gasteiger charge is -2.17. The zero-order chi connectivity index (χ0) is 13.8. The van der Waals surface area contributed by atoms with Crippen molar-refractivity contribution in [3.8, 4) is 0 Å². The second-order valence-corrected chi connectivity index (χ2v) is 5.47. The van der Waals surface area contributed by atoms with Crippen molar-refractivity contribution in [2.24, 2.45) is 0 Å². The van der Waals surface area contributed by atoms with E-state index in [2.05, 4.69) is 19.2 Å². The van der Waals surface area contributed by atoms with Gasteiger partial charge in [0.15, 0.2) is 0 Å². The van der Waals surface area contributed by atoms with Crippen LogP contribution in [0.2, 0.25) is 0 Å². The van der Waals surface area contributed by atoms with Gasteiger partial charge in [0, 0.05) is 18.8 Å². The number of aliphatic hydroxyl groups excluding tert-OH is 1. The fourth-order valence-corrected chi connectivity index (χ4v) is 2.46. The molecule has 2 rings (SSSR count). The molecule has 0 aromatic heterocycles. The molecule has 0 saturated carbocycles. The van der Waals surface area contributed by atoms with Gasteiger partial charge in [-0.1, -0.05) is 32.0 Å². The van der Waals surface area contributed by atoms with Crippen molar-refractivity contribution < 1.29 is 9.90 Å². The molecule has 1 amide bonds. The number of benzene rings is 1. The minimum Gasteiger partial charge on any atom is -0.392 e. The van der Waals surface area contributed by atoms with Crippen LogP contribution in [-0.2, 0) is 4.79 Å². The van der Waals surface area contributed by atoms with E-state index >= 15 is 0 Å². The predicted octanol–water partition coefficient (Wildman–Crippen LogP) is 1.82.